The zero-order valence-corrected chi connectivity index (χ0v) is 18.1. The SMILES string of the molecule is CN(C(=O)c1cn2c(-c3ccc(C(N)=O)cc3)cnc2cn1)c1ccc(S(C)(=O)=O)cc1. The molecule has 0 unspecified atom stereocenters. The van der Waals surface area contributed by atoms with Crippen molar-refractivity contribution in [1.82, 2.24) is 14.4 Å². The van der Waals surface area contributed by atoms with Crippen LogP contribution in [0, 0.1) is 0 Å². The molecule has 0 atom stereocenters. The molecular weight excluding hydrogens is 430 g/mol. The molecule has 2 aromatic carbocycles. The van der Waals surface area contributed by atoms with Crippen molar-refractivity contribution in [3.05, 3.63) is 78.4 Å². The van der Waals surface area contributed by atoms with Gasteiger partial charge in [0, 0.05) is 36.3 Å². The Bertz CT molecular complexity index is 1440. The number of sulfone groups is 1. The second-order valence-corrected chi connectivity index (χ2v) is 9.23. The predicted molar refractivity (Wildman–Crippen MR) is 119 cm³/mol. The molecule has 9 nitrogen and oxygen atoms in total. The molecule has 4 rings (SSSR count). The number of amides is 2. The summed E-state index contributed by atoms with van der Waals surface area (Å²) in [6, 6.07) is 12.8. The van der Waals surface area contributed by atoms with E-state index < -0.39 is 15.7 Å². The number of hydrogen-bond acceptors (Lipinski definition) is 6. The number of hydrogen-bond donors (Lipinski definition) is 1. The van der Waals surface area contributed by atoms with Crippen molar-refractivity contribution in [2.75, 3.05) is 18.2 Å². The van der Waals surface area contributed by atoms with Crippen LogP contribution in [0.1, 0.15) is 20.8 Å². The van der Waals surface area contributed by atoms with Crippen molar-refractivity contribution >= 4 is 33.0 Å². The summed E-state index contributed by atoms with van der Waals surface area (Å²) in [5.74, 6) is -0.887. The zero-order valence-electron chi connectivity index (χ0n) is 17.3. The second-order valence-electron chi connectivity index (χ2n) is 7.22. The largest absolute Gasteiger partial charge is 0.366 e. The molecule has 0 aliphatic heterocycles. The molecule has 0 aliphatic rings. The van der Waals surface area contributed by atoms with Crippen molar-refractivity contribution in [2.45, 2.75) is 4.90 Å². The maximum absolute atomic E-state index is 13.0. The number of nitrogens with two attached hydrogens (primary N) is 1. The molecule has 0 radical (unpaired) electrons. The summed E-state index contributed by atoms with van der Waals surface area (Å²) in [7, 11) is -1.74. The second kappa shape index (κ2) is 7.89. The van der Waals surface area contributed by atoms with Crippen molar-refractivity contribution in [3.8, 4) is 11.3 Å². The van der Waals surface area contributed by atoms with Crippen LogP contribution in [0.3, 0.4) is 0 Å². The van der Waals surface area contributed by atoms with Crippen molar-refractivity contribution < 1.29 is 18.0 Å². The van der Waals surface area contributed by atoms with Crippen LogP contribution in [-0.2, 0) is 9.84 Å². The summed E-state index contributed by atoms with van der Waals surface area (Å²) in [5.41, 5.74) is 8.45. The van der Waals surface area contributed by atoms with E-state index in [0.717, 1.165) is 11.8 Å². The number of benzene rings is 2. The monoisotopic (exact) mass is 449 g/mol. The number of primary amides is 1. The molecule has 2 N–H and O–H groups in total. The fourth-order valence-corrected chi connectivity index (χ4v) is 3.86. The summed E-state index contributed by atoms with van der Waals surface area (Å²) in [5, 5.41) is 0. The number of fused-ring (bicyclic) bond motifs is 1. The Labute approximate surface area is 184 Å². The first-order valence-electron chi connectivity index (χ1n) is 9.46. The van der Waals surface area contributed by atoms with Gasteiger partial charge in [0.25, 0.3) is 5.91 Å². The molecule has 0 bridgehead atoms. The maximum atomic E-state index is 13.0. The lowest BCUT2D eigenvalue weighted by Crippen LogP contribution is -2.27. The Morgan fingerprint density at radius 1 is 0.969 bits per heavy atom. The van der Waals surface area contributed by atoms with Gasteiger partial charge in [-0.3, -0.25) is 14.0 Å². The number of carbonyl (C=O) groups excluding carboxylic acids is 2. The van der Waals surface area contributed by atoms with Gasteiger partial charge in [-0.15, -0.1) is 0 Å². The molecule has 0 saturated heterocycles. The number of aromatic nitrogens is 3. The van der Waals surface area contributed by atoms with Crippen molar-refractivity contribution in [2.24, 2.45) is 5.73 Å². The van der Waals surface area contributed by atoms with Crippen LogP contribution in [-0.4, -0.2) is 47.9 Å². The first kappa shape index (κ1) is 21.2. The topological polar surface area (TPSA) is 128 Å². The molecule has 0 fully saturated rings. The summed E-state index contributed by atoms with van der Waals surface area (Å²) in [6.07, 6.45) is 5.86. The molecule has 32 heavy (non-hydrogen) atoms. The third-order valence-electron chi connectivity index (χ3n) is 5.04. The fourth-order valence-electron chi connectivity index (χ4n) is 3.22. The van der Waals surface area contributed by atoms with E-state index in [1.807, 2.05) is 0 Å². The highest BCUT2D eigenvalue weighted by Gasteiger charge is 2.18. The molecule has 0 aliphatic carbocycles. The Balaban J connectivity index is 1.66. The first-order valence-corrected chi connectivity index (χ1v) is 11.4. The van der Waals surface area contributed by atoms with Gasteiger partial charge in [0.05, 0.1) is 23.0 Å². The van der Waals surface area contributed by atoms with Gasteiger partial charge in [-0.25, -0.2) is 18.4 Å². The highest BCUT2D eigenvalue weighted by Crippen LogP contribution is 2.23. The predicted octanol–water partition coefficient (Wildman–Crippen LogP) is 2.18. The smallest absolute Gasteiger partial charge is 0.278 e. The highest BCUT2D eigenvalue weighted by molar-refractivity contribution is 7.90. The number of imidazole rings is 1. The van der Waals surface area contributed by atoms with Gasteiger partial charge in [0.15, 0.2) is 15.5 Å². The number of carbonyl (C=O) groups is 2. The van der Waals surface area contributed by atoms with Crippen LogP contribution in [0.5, 0.6) is 0 Å². The molecule has 2 amide bonds. The van der Waals surface area contributed by atoms with E-state index in [0.29, 0.717) is 22.6 Å². The Morgan fingerprint density at radius 2 is 1.62 bits per heavy atom. The van der Waals surface area contributed by atoms with Crippen LogP contribution in [0.25, 0.3) is 16.9 Å². The lowest BCUT2D eigenvalue weighted by atomic mass is 10.1. The number of rotatable bonds is 5. The quantitative estimate of drug-likeness (QED) is 0.497. The van der Waals surface area contributed by atoms with Crippen LogP contribution >= 0.6 is 0 Å². The minimum absolute atomic E-state index is 0.173. The lowest BCUT2D eigenvalue weighted by molar-refractivity contribution is 0.0984. The first-order chi connectivity index (χ1) is 15.1. The molecule has 2 aromatic heterocycles. The summed E-state index contributed by atoms with van der Waals surface area (Å²) < 4.78 is 25.0. The highest BCUT2D eigenvalue weighted by atomic mass is 32.2. The van der Waals surface area contributed by atoms with E-state index in [4.69, 9.17) is 5.73 Å². The molecule has 2 heterocycles. The molecule has 0 spiro atoms. The molecule has 162 valence electrons. The third-order valence-corrected chi connectivity index (χ3v) is 6.17. The van der Waals surface area contributed by atoms with Gasteiger partial charge >= 0.3 is 0 Å². The van der Waals surface area contributed by atoms with Crippen LogP contribution in [0.4, 0.5) is 5.69 Å². The van der Waals surface area contributed by atoms with Gasteiger partial charge < -0.3 is 10.6 Å². The van der Waals surface area contributed by atoms with E-state index in [-0.39, 0.29) is 16.5 Å². The van der Waals surface area contributed by atoms with Gasteiger partial charge in [-0.1, -0.05) is 12.1 Å². The number of nitrogens with zero attached hydrogens (tertiary/aromatic N) is 4. The Kier molecular flexibility index (Phi) is 5.23. The van der Waals surface area contributed by atoms with Crippen molar-refractivity contribution in [1.29, 1.82) is 0 Å². The zero-order chi connectivity index (χ0) is 23.0. The van der Waals surface area contributed by atoms with Gasteiger partial charge in [-0.05, 0) is 36.4 Å². The average molecular weight is 449 g/mol. The van der Waals surface area contributed by atoms with Crippen LogP contribution in [0.15, 0.2) is 72.0 Å². The average Bonchev–Trinajstić information content (AvgIpc) is 3.21. The summed E-state index contributed by atoms with van der Waals surface area (Å²) in [4.78, 5) is 34.4. The summed E-state index contributed by atoms with van der Waals surface area (Å²) >= 11 is 0. The van der Waals surface area contributed by atoms with E-state index >= 15 is 0 Å². The lowest BCUT2D eigenvalue weighted by Gasteiger charge is -2.17. The van der Waals surface area contributed by atoms with Gasteiger partial charge in [0.1, 0.15) is 5.69 Å². The van der Waals surface area contributed by atoms with E-state index in [1.165, 1.54) is 23.2 Å². The normalized spacial score (nSPS) is 11.4. The molecular formula is C22H19N5O4S. The maximum Gasteiger partial charge on any atom is 0.278 e. The van der Waals surface area contributed by atoms with Gasteiger partial charge in [-0.2, -0.15) is 0 Å². The Morgan fingerprint density at radius 3 is 2.22 bits per heavy atom. The van der Waals surface area contributed by atoms with Gasteiger partial charge in [0.2, 0.25) is 5.91 Å². The number of anilines is 1. The minimum atomic E-state index is -3.33. The third kappa shape index (κ3) is 3.95. The fraction of sp³-hybridized carbons (Fsp3) is 0.0909. The Hall–Kier alpha value is -4.05. The van der Waals surface area contributed by atoms with E-state index in [9.17, 15) is 18.0 Å². The molecule has 0 saturated carbocycles. The van der Waals surface area contributed by atoms with Crippen LogP contribution in [0.2, 0.25) is 0 Å². The standard InChI is InChI=1S/C22H19N5O4S/c1-26(16-7-9-17(10-8-16)32(2,30)31)22(29)18-13-27-19(11-25-20(27)12-24-18)14-3-5-15(6-4-14)21(23)28/h3-13H,1-2H3,(H2,23,28). The van der Waals surface area contributed by atoms with Crippen molar-refractivity contribution in [3.63, 3.8) is 0 Å². The van der Waals surface area contributed by atoms with Crippen LogP contribution < -0.4 is 10.6 Å². The molecule has 4 aromatic rings. The van der Waals surface area contributed by atoms with E-state index in [1.54, 1.807) is 60.2 Å². The van der Waals surface area contributed by atoms with E-state index in [2.05, 4.69) is 9.97 Å². The summed E-state index contributed by atoms with van der Waals surface area (Å²) in [6.45, 7) is 0. The molecule has 10 heteroatoms. The minimum Gasteiger partial charge on any atom is -0.366 e.